The summed E-state index contributed by atoms with van der Waals surface area (Å²) in [5, 5.41) is 10.9. The van der Waals surface area contributed by atoms with E-state index in [0.717, 1.165) is 26.5 Å². The lowest BCUT2D eigenvalue weighted by Crippen LogP contribution is -2.32. The normalized spacial score (nSPS) is 25.8. The van der Waals surface area contributed by atoms with Gasteiger partial charge < -0.3 is 9.90 Å². The van der Waals surface area contributed by atoms with E-state index in [0.29, 0.717) is 11.4 Å². The minimum Gasteiger partial charge on any atom is -0.545 e. The second-order valence-electron chi connectivity index (χ2n) is 8.42. The van der Waals surface area contributed by atoms with Crippen molar-refractivity contribution in [1.29, 1.82) is 0 Å². The van der Waals surface area contributed by atoms with Gasteiger partial charge in [-0.1, -0.05) is 48.2 Å². The number of carbonyl (C=O) groups excluding carboxylic acids is 3. The molecule has 2 aliphatic carbocycles. The predicted octanol–water partition coefficient (Wildman–Crippen LogP) is 3.26. The van der Waals surface area contributed by atoms with Crippen molar-refractivity contribution in [2.45, 2.75) is 16.5 Å². The van der Waals surface area contributed by atoms with Crippen molar-refractivity contribution in [2.75, 3.05) is 4.90 Å². The Balaban J connectivity index is 1.21. The first-order valence-corrected chi connectivity index (χ1v) is 12.2. The van der Waals surface area contributed by atoms with E-state index in [2.05, 4.69) is 17.1 Å². The molecule has 2 fully saturated rings. The van der Waals surface area contributed by atoms with Gasteiger partial charge in [0.1, 0.15) is 0 Å². The number of thiazole rings is 1. The van der Waals surface area contributed by atoms with Gasteiger partial charge in [0.25, 0.3) is 0 Å². The monoisotopic (exact) mass is 461 g/mol. The number of anilines is 1. The molecular formula is C24H17N2O4S2-. The van der Waals surface area contributed by atoms with E-state index >= 15 is 0 Å². The van der Waals surface area contributed by atoms with Crippen molar-refractivity contribution in [1.82, 2.24) is 4.98 Å². The average molecular weight is 462 g/mol. The van der Waals surface area contributed by atoms with Gasteiger partial charge in [0.05, 0.1) is 33.7 Å². The molecule has 1 saturated heterocycles. The molecule has 0 unspecified atom stereocenters. The van der Waals surface area contributed by atoms with Crippen LogP contribution in [0.2, 0.25) is 0 Å². The highest BCUT2D eigenvalue weighted by Gasteiger charge is 2.59. The Kier molecular flexibility index (Phi) is 4.48. The van der Waals surface area contributed by atoms with E-state index in [9.17, 15) is 19.5 Å². The van der Waals surface area contributed by atoms with Crippen LogP contribution in [0.5, 0.6) is 0 Å². The van der Waals surface area contributed by atoms with Crippen LogP contribution in [0.1, 0.15) is 22.3 Å². The Hall–Kier alpha value is -2.97. The molecule has 160 valence electrons. The quantitative estimate of drug-likeness (QED) is 0.329. The number of nitrogens with zero attached hydrogens (tertiary/aromatic N) is 2. The summed E-state index contributed by atoms with van der Waals surface area (Å²) >= 11 is 3.08. The second kappa shape index (κ2) is 7.28. The van der Waals surface area contributed by atoms with Gasteiger partial charge in [-0.25, -0.2) is 9.88 Å². The highest BCUT2D eigenvalue weighted by atomic mass is 32.2. The molecule has 6 nitrogen and oxygen atoms in total. The molecule has 3 aliphatic rings. The zero-order valence-corrected chi connectivity index (χ0v) is 18.4. The van der Waals surface area contributed by atoms with E-state index in [1.165, 1.54) is 28.4 Å². The summed E-state index contributed by atoms with van der Waals surface area (Å²) in [5.41, 5.74) is 2.60. The third kappa shape index (κ3) is 3.01. The van der Waals surface area contributed by atoms with Crippen LogP contribution in [0.15, 0.2) is 59.0 Å². The lowest BCUT2D eigenvalue weighted by atomic mass is 9.85. The molecule has 1 saturated carbocycles. The first-order valence-electron chi connectivity index (χ1n) is 10.4. The fourth-order valence-electron chi connectivity index (χ4n) is 5.13. The highest BCUT2D eigenvalue weighted by molar-refractivity contribution is 8.00. The number of thioether (sulfide) groups is 1. The maximum Gasteiger partial charge on any atom is 0.238 e. The highest BCUT2D eigenvalue weighted by Crippen LogP contribution is 2.53. The number of fused-ring (bicyclic) bond motifs is 6. The molecule has 8 heteroatoms. The van der Waals surface area contributed by atoms with Gasteiger partial charge in [0.15, 0.2) is 4.34 Å². The smallest absolute Gasteiger partial charge is 0.238 e. The number of amides is 2. The van der Waals surface area contributed by atoms with E-state index in [1.807, 2.05) is 12.1 Å². The van der Waals surface area contributed by atoms with Crippen LogP contribution in [-0.4, -0.2) is 22.8 Å². The van der Waals surface area contributed by atoms with Crippen molar-refractivity contribution in [3.8, 4) is 0 Å². The first-order chi connectivity index (χ1) is 15.5. The SMILES string of the molecule is O=C([O-])c1ccc(CSc2nc3ccc(N4C(=O)[C@@H]5[C@H](C4=O)[C@@H]4C=C[C@@H]5C4)cc3s2)cc1. The van der Waals surface area contributed by atoms with Crippen LogP contribution in [0.25, 0.3) is 10.2 Å². The van der Waals surface area contributed by atoms with E-state index < -0.39 is 5.97 Å². The molecule has 32 heavy (non-hydrogen) atoms. The largest absolute Gasteiger partial charge is 0.545 e. The van der Waals surface area contributed by atoms with Gasteiger partial charge >= 0.3 is 0 Å². The minimum absolute atomic E-state index is 0.0738. The number of carboxylic acids is 1. The lowest BCUT2D eigenvalue weighted by Gasteiger charge is -2.17. The summed E-state index contributed by atoms with van der Waals surface area (Å²) in [6, 6.07) is 12.2. The minimum atomic E-state index is -1.19. The van der Waals surface area contributed by atoms with Crippen molar-refractivity contribution in [2.24, 2.45) is 23.7 Å². The molecule has 1 aromatic heterocycles. The Morgan fingerprint density at radius 1 is 1.06 bits per heavy atom. The lowest BCUT2D eigenvalue weighted by molar-refractivity contribution is -0.255. The third-order valence-electron chi connectivity index (χ3n) is 6.63. The number of allylic oxidation sites excluding steroid dienone is 2. The maximum absolute atomic E-state index is 13.1. The van der Waals surface area contributed by atoms with Crippen LogP contribution < -0.4 is 10.0 Å². The summed E-state index contributed by atoms with van der Waals surface area (Å²) in [5.74, 6) is -0.695. The molecule has 2 amide bonds. The van der Waals surface area contributed by atoms with E-state index in [-0.39, 0.29) is 41.0 Å². The Bertz CT molecular complexity index is 1280. The third-order valence-corrected chi connectivity index (χ3v) is 8.87. The van der Waals surface area contributed by atoms with Crippen LogP contribution in [0.3, 0.4) is 0 Å². The zero-order chi connectivity index (χ0) is 22.0. The summed E-state index contributed by atoms with van der Waals surface area (Å²) < 4.78 is 1.80. The fraction of sp³-hybridized carbons (Fsp3) is 0.250. The van der Waals surface area contributed by atoms with E-state index in [1.54, 1.807) is 30.0 Å². The average Bonchev–Trinajstić information content (AvgIpc) is 3.55. The number of rotatable bonds is 5. The fourth-order valence-corrected chi connectivity index (χ4v) is 7.19. The van der Waals surface area contributed by atoms with Crippen LogP contribution in [0.4, 0.5) is 5.69 Å². The molecule has 0 N–H and O–H groups in total. The Morgan fingerprint density at radius 3 is 2.41 bits per heavy atom. The summed E-state index contributed by atoms with van der Waals surface area (Å²) in [6.45, 7) is 0. The molecule has 2 heterocycles. The topological polar surface area (TPSA) is 90.4 Å². The van der Waals surface area contributed by atoms with Crippen molar-refractivity contribution in [3.05, 3.63) is 65.7 Å². The first kappa shape index (κ1) is 19.7. The molecule has 2 bridgehead atoms. The molecule has 4 atom stereocenters. The van der Waals surface area contributed by atoms with Crippen molar-refractivity contribution < 1.29 is 19.5 Å². The van der Waals surface area contributed by atoms with Gasteiger partial charge in [-0.2, -0.15) is 0 Å². The number of aromatic nitrogens is 1. The molecular weight excluding hydrogens is 444 g/mol. The summed E-state index contributed by atoms with van der Waals surface area (Å²) in [4.78, 5) is 43.0. The standard InChI is InChI=1S/C24H18N2O4S2/c27-21-19-14-5-6-15(9-14)20(19)22(28)26(21)16-7-8-17-18(10-16)32-24(25-17)31-11-12-1-3-13(4-2-12)23(29)30/h1-8,10,14-15,19-20H,9,11H2,(H,29,30)/p-1/t14-,15-,19-,20+/m1/s1. The van der Waals surface area contributed by atoms with Crippen LogP contribution in [-0.2, 0) is 15.3 Å². The van der Waals surface area contributed by atoms with Crippen LogP contribution >= 0.6 is 23.1 Å². The molecule has 0 spiro atoms. The van der Waals surface area contributed by atoms with Crippen molar-refractivity contribution >= 4 is 56.8 Å². The Labute approximate surface area is 191 Å². The van der Waals surface area contributed by atoms with Crippen molar-refractivity contribution in [3.63, 3.8) is 0 Å². The molecule has 6 rings (SSSR count). The van der Waals surface area contributed by atoms with Gasteiger partial charge in [0.2, 0.25) is 11.8 Å². The van der Waals surface area contributed by atoms with Gasteiger partial charge in [0, 0.05) is 5.75 Å². The molecule has 0 radical (unpaired) electrons. The predicted molar refractivity (Wildman–Crippen MR) is 120 cm³/mol. The van der Waals surface area contributed by atoms with Gasteiger partial charge in [-0.05, 0) is 47.6 Å². The summed E-state index contributed by atoms with van der Waals surface area (Å²) in [6.07, 6.45) is 5.12. The van der Waals surface area contributed by atoms with Gasteiger partial charge in [-0.3, -0.25) is 9.59 Å². The number of hydrogen-bond acceptors (Lipinski definition) is 7. The number of carbonyl (C=O) groups is 3. The second-order valence-corrected chi connectivity index (χ2v) is 10.7. The number of carboxylic acid groups (broad SMARTS) is 1. The van der Waals surface area contributed by atoms with Crippen LogP contribution in [0, 0.1) is 23.7 Å². The maximum atomic E-state index is 13.1. The molecule has 2 aromatic carbocycles. The zero-order valence-electron chi connectivity index (χ0n) is 16.8. The number of benzene rings is 2. The number of imide groups is 1. The van der Waals surface area contributed by atoms with Gasteiger partial charge in [-0.15, -0.1) is 11.3 Å². The number of hydrogen-bond donors (Lipinski definition) is 0. The number of aromatic carboxylic acids is 1. The van der Waals surface area contributed by atoms with E-state index in [4.69, 9.17) is 0 Å². The molecule has 1 aliphatic heterocycles. The Morgan fingerprint density at radius 2 is 1.75 bits per heavy atom. The molecule has 3 aromatic rings. The summed E-state index contributed by atoms with van der Waals surface area (Å²) in [7, 11) is 0.